The molecule has 3 aliphatic rings. The van der Waals surface area contributed by atoms with E-state index in [0.29, 0.717) is 30.9 Å². The first-order valence-electron chi connectivity index (χ1n) is 14.0. The summed E-state index contributed by atoms with van der Waals surface area (Å²) in [4.78, 5) is 43.4. The highest BCUT2D eigenvalue weighted by atomic mass is 16.5. The number of fused-ring (bicyclic) bond motifs is 1. The Bertz CT molecular complexity index is 1040. The van der Waals surface area contributed by atoms with Crippen LogP contribution in [0.3, 0.4) is 0 Å². The van der Waals surface area contributed by atoms with Crippen LogP contribution in [-0.2, 0) is 19.1 Å². The number of likely N-dealkylation sites (tertiary alicyclic amines) is 1. The number of hydrogen-bond acceptors (Lipinski definition) is 6. The summed E-state index contributed by atoms with van der Waals surface area (Å²) in [5, 5.41) is 16.2. The van der Waals surface area contributed by atoms with E-state index in [-0.39, 0.29) is 36.3 Å². The molecule has 3 amide bonds. The Kier molecular flexibility index (Phi) is 8.09. The molecule has 38 heavy (non-hydrogen) atoms. The van der Waals surface area contributed by atoms with Crippen molar-refractivity contribution in [2.75, 3.05) is 18.5 Å². The molecule has 1 aromatic carbocycles. The Morgan fingerprint density at radius 2 is 1.89 bits per heavy atom. The van der Waals surface area contributed by atoms with Crippen molar-refractivity contribution in [1.82, 2.24) is 10.2 Å². The second-order valence-corrected chi connectivity index (χ2v) is 11.3. The van der Waals surface area contributed by atoms with E-state index in [1.165, 1.54) is 4.90 Å². The Hall–Kier alpha value is -2.65. The van der Waals surface area contributed by atoms with Gasteiger partial charge in [0.15, 0.2) is 0 Å². The van der Waals surface area contributed by atoms with E-state index in [0.717, 1.165) is 12.8 Å². The number of nitrogens with one attached hydrogen (secondary N) is 2. The maximum absolute atomic E-state index is 14.1. The molecule has 3 fully saturated rings. The van der Waals surface area contributed by atoms with E-state index >= 15 is 0 Å². The number of carbonyl (C=O) groups excluding carboxylic acids is 3. The molecule has 8 atom stereocenters. The third kappa shape index (κ3) is 4.47. The number of carbonyl (C=O) groups is 3. The maximum atomic E-state index is 14.1. The number of amides is 3. The van der Waals surface area contributed by atoms with Crippen LogP contribution in [0.4, 0.5) is 5.69 Å². The van der Waals surface area contributed by atoms with Crippen LogP contribution < -0.4 is 15.4 Å². The average Bonchev–Trinajstić information content (AvgIpc) is 3.38. The van der Waals surface area contributed by atoms with Crippen LogP contribution in [-0.4, -0.2) is 70.3 Å². The van der Waals surface area contributed by atoms with Crippen molar-refractivity contribution in [3.05, 3.63) is 24.3 Å². The minimum Gasteiger partial charge on any atom is -0.494 e. The lowest BCUT2D eigenvalue weighted by molar-refractivity contribution is -0.150. The molecule has 1 aromatic rings. The van der Waals surface area contributed by atoms with Crippen LogP contribution in [0.25, 0.3) is 0 Å². The van der Waals surface area contributed by atoms with Gasteiger partial charge in [-0.3, -0.25) is 14.4 Å². The van der Waals surface area contributed by atoms with Gasteiger partial charge in [-0.05, 0) is 70.2 Å². The predicted molar refractivity (Wildman–Crippen MR) is 144 cm³/mol. The SMILES string of the molecule is CCCC(C)NC(=O)C1N([C@@H](CC)CO)C(=O)[C@@H]2[C@H](C(=O)Nc3ccc(OCC)cc3)[C@@]3(C)OC12CC3C. The number of nitrogens with zero attached hydrogens (tertiary/aromatic N) is 1. The van der Waals surface area contributed by atoms with Gasteiger partial charge in [-0.1, -0.05) is 27.2 Å². The van der Waals surface area contributed by atoms with Gasteiger partial charge in [-0.15, -0.1) is 0 Å². The quantitative estimate of drug-likeness (QED) is 0.406. The van der Waals surface area contributed by atoms with Crippen molar-refractivity contribution in [2.24, 2.45) is 17.8 Å². The fraction of sp³-hybridized carbons (Fsp3) is 0.690. The number of anilines is 1. The summed E-state index contributed by atoms with van der Waals surface area (Å²) in [6, 6.07) is 5.59. The summed E-state index contributed by atoms with van der Waals surface area (Å²) >= 11 is 0. The van der Waals surface area contributed by atoms with Crippen LogP contribution in [0.2, 0.25) is 0 Å². The lowest BCUT2D eigenvalue weighted by atomic mass is 9.62. The molecule has 4 rings (SSSR count). The monoisotopic (exact) mass is 529 g/mol. The van der Waals surface area contributed by atoms with Crippen molar-refractivity contribution < 1.29 is 29.0 Å². The smallest absolute Gasteiger partial charge is 0.246 e. The van der Waals surface area contributed by atoms with E-state index in [9.17, 15) is 19.5 Å². The largest absolute Gasteiger partial charge is 0.494 e. The molecule has 2 bridgehead atoms. The van der Waals surface area contributed by atoms with Gasteiger partial charge in [0.2, 0.25) is 17.7 Å². The van der Waals surface area contributed by atoms with E-state index in [1.54, 1.807) is 24.3 Å². The molecule has 0 radical (unpaired) electrons. The van der Waals surface area contributed by atoms with E-state index < -0.39 is 35.1 Å². The van der Waals surface area contributed by atoms with Gasteiger partial charge in [0, 0.05) is 11.7 Å². The highest BCUT2D eigenvalue weighted by Gasteiger charge is 2.80. The van der Waals surface area contributed by atoms with E-state index in [2.05, 4.69) is 17.6 Å². The summed E-state index contributed by atoms with van der Waals surface area (Å²) in [7, 11) is 0. The zero-order chi connectivity index (χ0) is 27.8. The first-order valence-corrected chi connectivity index (χ1v) is 14.0. The van der Waals surface area contributed by atoms with Crippen molar-refractivity contribution in [3.8, 4) is 5.75 Å². The third-order valence-electron chi connectivity index (χ3n) is 8.90. The molecule has 0 saturated carbocycles. The summed E-state index contributed by atoms with van der Waals surface area (Å²) in [6.07, 6.45) is 2.69. The molecule has 9 nitrogen and oxygen atoms in total. The predicted octanol–water partition coefficient (Wildman–Crippen LogP) is 3.11. The Morgan fingerprint density at radius 1 is 1.21 bits per heavy atom. The second kappa shape index (κ2) is 10.8. The average molecular weight is 530 g/mol. The van der Waals surface area contributed by atoms with E-state index in [4.69, 9.17) is 9.47 Å². The summed E-state index contributed by atoms with van der Waals surface area (Å²) in [5.41, 5.74) is -1.45. The lowest BCUT2D eigenvalue weighted by Crippen LogP contribution is -2.59. The Balaban J connectivity index is 1.71. The summed E-state index contributed by atoms with van der Waals surface area (Å²) in [6.45, 7) is 12.0. The highest BCUT2D eigenvalue weighted by molar-refractivity contribution is 6.02. The summed E-state index contributed by atoms with van der Waals surface area (Å²) in [5.74, 6) is -1.83. The molecule has 3 heterocycles. The van der Waals surface area contributed by atoms with Crippen LogP contribution in [0, 0.1) is 17.8 Å². The topological polar surface area (TPSA) is 117 Å². The molecule has 0 aromatic heterocycles. The molecule has 0 aliphatic carbocycles. The van der Waals surface area contributed by atoms with Crippen LogP contribution >= 0.6 is 0 Å². The fourth-order valence-corrected chi connectivity index (χ4v) is 7.03. The van der Waals surface area contributed by atoms with Gasteiger partial charge < -0.3 is 30.1 Å². The molecule has 9 heteroatoms. The van der Waals surface area contributed by atoms with Gasteiger partial charge in [-0.25, -0.2) is 0 Å². The van der Waals surface area contributed by atoms with Crippen LogP contribution in [0.15, 0.2) is 24.3 Å². The lowest BCUT2D eigenvalue weighted by Gasteiger charge is -2.37. The Labute approximate surface area is 225 Å². The second-order valence-electron chi connectivity index (χ2n) is 11.3. The number of rotatable bonds is 11. The number of aliphatic hydroxyl groups is 1. The fourth-order valence-electron chi connectivity index (χ4n) is 7.03. The number of ether oxygens (including phenoxy) is 2. The van der Waals surface area contributed by atoms with Gasteiger partial charge in [-0.2, -0.15) is 0 Å². The number of aliphatic hydroxyl groups excluding tert-OH is 1. The zero-order valence-electron chi connectivity index (χ0n) is 23.5. The molecule has 210 valence electrons. The number of benzene rings is 1. The molecule has 3 aliphatic heterocycles. The maximum Gasteiger partial charge on any atom is 0.246 e. The van der Waals surface area contributed by atoms with Gasteiger partial charge in [0.1, 0.15) is 17.4 Å². The number of hydrogen-bond donors (Lipinski definition) is 3. The molecular formula is C29H43N3O6. The van der Waals surface area contributed by atoms with E-state index in [1.807, 2.05) is 34.6 Å². The highest BCUT2D eigenvalue weighted by Crippen LogP contribution is 2.65. The minimum atomic E-state index is -1.13. The standard InChI is InChI=1S/C29H43N3O6/c1-7-10-18(5)30-26(35)24-29-15-17(4)28(6,38-29)22(23(29)27(36)32(24)20(8-2)16-33)25(34)31-19-11-13-21(14-12-19)37-9-3/h11-14,17-18,20,22-24,33H,7-10,15-16H2,1-6H3,(H,30,35)(H,31,34)/t17?,18?,20-,22+,23-,24?,28-,29?/m0/s1. The van der Waals surface area contributed by atoms with Gasteiger partial charge in [0.25, 0.3) is 0 Å². The van der Waals surface area contributed by atoms with Crippen molar-refractivity contribution >= 4 is 23.4 Å². The van der Waals surface area contributed by atoms with Crippen molar-refractivity contribution in [2.45, 2.75) is 96.6 Å². The molecule has 3 N–H and O–H groups in total. The first-order chi connectivity index (χ1) is 18.1. The Morgan fingerprint density at radius 3 is 2.47 bits per heavy atom. The minimum absolute atomic E-state index is 0.0554. The van der Waals surface area contributed by atoms with Gasteiger partial charge >= 0.3 is 0 Å². The molecule has 3 saturated heterocycles. The molecule has 4 unspecified atom stereocenters. The van der Waals surface area contributed by atoms with Crippen LogP contribution in [0.1, 0.15) is 67.2 Å². The van der Waals surface area contributed by atoms with Crippen molar-refractivity contribution in [1.29, 1.82) is 0 Å². The zero-order valence-corrected chi connectivity index (χ0v) is 23.5. The third-order valence-corrected chi connectivity index (χ3v) is 8.90. The van der Waals surface area contributed by atoms with Crippen LogP contribution in [0.5, 0.6) is 5.75 Å². The first kappa shape index (κ1) is 28.4. The normalized spacial score (nSPS) is 33.1. The molecular weight excluding hydrogens is 486 g/mol. The van der Waals surface area contributed by atoms with Gasteiger partial charge in [0.05, 0.1) is 36.7 Å². The summed E-state index contributed by atoms with van der Waals surface area (Å²) < 4.78 is 12.2. The molecule has 1 spiro atoms. The van der Waals surface area contributed by atoms with Crippen molar-refractivity contribution in [3.63, 3.8) is 0 Å².